The molecule has 1 N–H and O–H groups in total. The summed E-state index contributed by atoms with van der Waals surface area (Å²) in [4.78, 5) is 25.1. The predicted octanol–water partition coefficient (Wildman–Crippen LogP) is 1.70. The van der Waals surface area contributed by atoms with Crippen LogP contribution in [0.1, 0.15) is 6.42 Å². The number of thioether (sulfide) groups is 1. The Morgan fingerprint density at radius 3 is 2.89 bits per heavy atom. The standard InChI is InChI=1S/C17H19F2N7OS/c1-24-6-10(5-21-24)22-16-20-3-2-13(23-16)25-7-11-9-28-14(8-25)26(11)15(27)12-4-17(12,18)19/h2-3,5-6,11-12,14H,4,7-9H2,1H3,(H,20,22,23)/t11?,12-,14?/m0/s1. The molecule has 3 aliphatic rings. The van der Waals surface area contributed by atoms with Crippen molar-refractivity contribution in [3.05, 3.63) is 24.7 Å². The molecule has 5 rings (SSSR count). The molecule has 8 nitrogen and oxygen atoms in total. The van der Waals surface area contributed by atoms with Gasteiger partial charge in [0.05, 0.1) is 23.3 Å². The molecule has 1 amide bonds. The van der Waals surface area contributed by atoms with Gasteiger partial charge in [0.2, 0.25) is 11.9 Å². The number of carbonyl (C=O) groups excluding carboxylic acids is 1. The van der Waals surface area contributed by atoms with Crippen molar-refractivity contribution >= 4 is 35.1 Å². The first kappa shape index (κ1) is 17.7. The molecule has 0 spiro atoms. The second kappa shape index (κ2) is 6.29. The van der Waals surface area contributed by atoms with Crippen LogP contribution >= 0.6 is 11.8 Å². The Balaban J connectivity index is 1.30. The molecular weight excluding hydrogens is 388 g/mol. The highest BCUT2D eigenvalue weighted by Gasteiger charge is 2.64. The lowest BCUT2D eigenvalue weighted by molar-refractivity contribution is -0.137. The number of rotatable bonds is 4. The highest BCUT2D eigenvalue weighted by Crippen LogP contribution is 2.51. The van der Waals surface area contributed by atoms with Crippen molar-refractivity contribution in [2.75, 3.05) is 29.1 Å². The van der Waals surface area contributed by atoms with Gasteiger partial charge in [-0.1, -0.05) is 0 Å². The number of nitrogens with one attached hydrogen (secondary N) is 1. The highest BCUT2D eigenvalue weighted by atomic mass is 32.2. The molecule has 2 saturated heterocycles. The Kier molecular flexibility index (Phi) is 3.97. The maximum atomic E-state index is 13.3. The third-order valence-electron chi connectivity index (χ3n) is 5.30. The Labute approximate surface area is 164 Å². The van der Waals surface area contributed by atoms with Crippen molar-refractivity contribution < 1.29 is 13.6 Å². The van der Waals surface area contributed by atoms with Crippen molar-refractivity contribution in [3.8, 4) is 0 Å². The van der Waals surface area contributed by atoms with Crippen LogP contribution < -0.4 is 10.2 Å². The van der Waals surface area contributed by atoms with E-state index in [1.165, 1.54) is 0 Å². The van der Waals surface area contributed by atoms with Gasteiger partial charge in [0.1, 0.15) is 11.7 Å². The monoisotopic (exact) mass is 407 g/mol. The minimum absolute atomic E-state index is 0.0719. The number of carbonyl (C=O) groups is 1. The summed E-state index contributed by atoms with van der Waals surface area (Å²) in [5.41, 5.74) is 0.788. The second-order valence-corrected chi connectivity index (χ2v) is 8.59. The van der Waals surface area contributed by atoms with E-state index in [0.717, 1.165) is 17.3 Å². The molecule has 1 saturated carbocycles. The zero-order valence-corrected chi connectivity index (χ0v) is 15.9. The number of aromatic nitrogens is 4. The summed E-state index contributed by atoms with van der Waals surface area (Å²) in [6.45, 7) is 1.14. The molecular formula is C17H19F2N7OS. The molecule has 2 aliphatic heterocycles. The minimum atomic E-state index is -2.82. The second-order valence-electron chi connectivity index (χ2n) is 7.38. The van der Waals surface area contributed by atoms with Gasteiger partial charge in [-0.25, -0.2) is 13.8 Å². The first-order valence-electron chi connectivity index (χ1n) is 9.06. The lowest BCUT2D eigenvalue weighted by Gasteiger charge is -2.40. The van der Waals surface area contributed by atoms with Crippen molar-refractivity contribution in [1.29, 1.82) is 0 Å². The zero-order chi connectivity index (χ0) is 19.5. The SMILES string of the molecule is Cn1cc(Nc2nccc(N3CC4CSC(C3)N4C(=O)[C@@H]3CC3(F)F)n2)cn1. The smallest absolute Gasteiger partial charge is 0.260 e. The van der Waals surface area contributed by atoms with Gasteiger partial charge >= 0.3 is 0 Å². The van der Waals surface area contributed by atoms with Crippen LogP contribution in [0, 0.1) is 5.92 Å². The van der Waals surface area contributed by atoms with Gasteiger partial charge < -0.3 is 15.1 Å². The first-order valence-corrected chi connectivity index (χ1v) is 10.1. The van der Waals surface area contributed by atoms with Gasteiger partial charge in [-0.05, 0) is 6.07 Å². The van der Waals surface area contributed by atoms with E-state index in [4.69, 9.17) is 0 Å². The fourth-order valence-corrected chi connectivity index (χ4v) is 5.22. The van der Waals surface area contributed by atoms with Crippen LogP contribution in [0.4, 0.5) is 26.2 Å². The van der Waals surface area contributed by atoms with Gasteiger partial charge in [0, 0.05) is 44.7 Å². The summed E-state index contributed by atoms with van der Waals surface area (Å²) in [6.07, 6.45) is 4.87. The summed E-state index contributed by atoms with van der Waals surface area (Å²) < 4.78 is 28.4. The van der Waals surface area contributed by atoms with Crippen molar-refractivity contribution in [1.82, 2.24) is 24.6 Å². The fourth-order valence-electron chi connectivity index (χ4n) is 3.79. The largest absolute Gasteiger partial charge is 0.351 e. The van der Waals surface area contributed by atoms with E-state index in [1.807, 2.05) is 19.3 Å². The number of alkyl halides is 2. The van der Waals surface area contributed by atoms with Crippen molar-refractivity contribution in [2.24, 2.45) is 13.0 Å². The van der Waals surface area contributed by atoms with Crippen LogP contribution in [0.25, 0.3) is 0 Å². The zero-order valence-electron chi connectivity index (χ0n) is 15.1. The highest BCUT2D eigenvalue weighted by molar-refractivity contribution is 8.00. The van der Waals surface area contributed by atoms with Crippen molar-refractivity contribution in [2.45, 2.75) is 23.8 Å². The minimum Gasteiger partial charge on any atom is -0.351 e. The predicted molar refractivity (Wildman–Crippen MR) is 101 cm³/mol. The van der Waals surface area contributed by atoms with E-state index >= 15 is 0 Å². The average molecular weight is 407 g/mol. The third kappa shape index (κ3) is 3.07. The Hall–Kier alpha value is -2.43. The molecule has 2 bridgehead atoms. The molecule has 2 aromatic heterocycles. The maximum absolute atomic E-state index is 13.3. The molecule has 11 heteroatoms. The van der Waals surface area contributed by atoms with Crippen LogP contribution in [-0.4, -0.2) is 66.7 Å². The van der Waals surface area contributed by atoms with Crippen LogP contribution in [0.15, 0.2) is 24.7 Å². The number of amides is 1. The summed E-state index contributed by atoms with van der Waals surface area (Å²) in [5.74, 6) is -2.37. The molecule has 148 valence electrons. The van der Waals surface area contributed by atoms with E-state index < -0.39 is 17.7 Å². The number of fused-ring (bicyclic) bond motifs is 2. The lowest BCUT2D eigenvalue weighted by atomic mass is 10.1. The molecule has 4 heterocycles. The first-order chi connectivity index (χ1) is 13.4. The molecule has 3 atom stereocenters. The van der Waals surface area contributed by atoms with Gasteiger partial charge in [0.25, 0.3) is 5.92 Å². The van der Waals surface area contributed by atoms with Crippen LogP contribution in [-0.2, 0) is 11.8 Å². The topological polar surface area (TPSA) is 79.2 Å². The molecule has 1 aliphatic carbocycles. The third-order valence-corrected chi connectivity index (χ3v) is 6.63. The van der Waals surface area contributed by atoms with E-state index in [9.17, 15) is 13.6 Å². The number of anilines is 3. The van der Waals surface area contributed by atoms with E-state index in [1.54, 1.807) is 33.7 Å². The molecule has 3 fully saturated rings. The Bertz CT molecular complexity index is 908. The summed E-state index contributed by atoms with van der Waals surface area (Å²) in [7, 11) is 1.83. The van der Waals surface area contributed by atoms with Gasteiger partial charge in [-0.2, -0.15) is 10.1 Å². The number of nitrogens with zero attached hydrogens (tertiary/aromatic N) is 6. The van der Waals surface area contributed by atoms with Crippen LogP contribution in [0.3, 0.4) is 0 Å². The average Bonchev–Trinajstić information content (AvgIpc) is 2.96. The molecule has 28 heavy (non-hydrogen) atoms. The van der Waals surface area contributed by atoms with E-state index in [0.29, 0.717) is 19.0 Å². The normalized spacial score (nSPS) is 27.8. The van der Waals surface area contributed by atoms with Crippen molar-refractivity contribution in [3.63, 3.8) is 0 Å². The number of hydrogen-bond donors (Lipinski definition) is 1. The fraction of sp³-hybridized carbons (Fsp3) is 0.529. The lowest BCUT2D eigenvalue weighted by Crippen LogP contribution is -2.57. The van der Waals surface area contributed by atoms with E-state index in [2.05, 4.69) is 25.3 Å². The number of halogens is 2. The van der Waals surface area contributed by atoms with Gasteiger partial charge in [-0.3, -0.25) is 9.48 Å². The number of aryl methyl sites for hydroxylation is 1. The quantitative estimate of drug-likeness (QED) is 0.826. The molecule has 2 aromatic rings. The number of hydrogen-bond acceptors (Lipinski definition) is 7. The van der Waals surface area contributed by atoms with Gasteiger partial charge in [0.15, 0.2) is 0 Å². The molecule has 0 radical (unpaired) electrons. The summed E-state index contributed by atoms with van der Waals surface area (Å²) >= 11 is 1.65. The molecule has 0 aromatic carbocycles. The van der Waals surface area contributed by atoms with Crippen LogP contribution in [0.5, 0.6) is 0 Å². The Morgan fingerprint density at radius 2 is 2.21 bits per heavy atom. The summed E-state index contributed by atoms with van der Waals surface area (Å²) in [6, 6.07) is 1.75. The number of piperazine rings is 1. The van der Waals surface area contributed by atoms with Gasteiger partial charge in [-0.15, -0.1) is 11.8 Å². The molecule has 2 unspecified atom stereocenters. The summed E-state index contributed by atoms with van der Waals surface area (Å²) in [5, 5.41) is 7.10. The van der Waals surface area contributed by atoms with Crippen LogP contribution in [0.2, 0.25) is 0 Å². The maximum Gasteiger partial charge on any atom is 0.260 e. The Morgan fingerprint density at radius 1 is 1.39 bits per heavy atom. The van der Waals surface area contributed by atoms with E-state index in [-0.39, 0.29) is 17.8 Å².